The summed E-state index contributed by atoms with van der Waals surface area (Å²) in [5.41, 5.74) is 7.67. The van der Waals surface area contributed by atoms with Gasteiger partial charge in [-0.25, -0.2) is 4.68 Å². The Morgan fingerprint density at radius 1 is 1.17 bits per heavy atom. The van der Waals surface area contributed by atoms with Gasteiger partial charge in [0.2, 0.25) is 0 Å². The van der Waals surface area contributed by atoms with Crippen LogP contribution in [0.25, 0.3) is 5.69 Å². The molecule has 1 aromatic carbocycles. The number of amides is 1. The molecular weight excluding hydrogens is 316 g/mol. The number of rotatable bonds is 2. The van der Waals surface area contributed by atoms with Gasteiger partial charge >= 0.3 is 0 Å². The lowest BCUT2D eigenvalue weighted by molar-refractivity contribution is 0.0779. The number of halogens is 1. The van der Waals surface area contributed by atoms with Crippen molar-refractivity contribution >= 4 is 18.3 Å². The lowest BCUT2D eigenvalue weighted by atomic mass is 9.98. The Kier molecular flexibility index (Phi) is 4.32. The molecule has 3 unspecified atom stereocenters. The van der Waals surface area contributed by atoms with E-state index in [9.17, 15) is 4.79 Å². The van der Waals surface area contributed by atoms with Crippen molar-refractivity contribution in [2.75, 3.05) is 13.1 Å². The Bertz CT molecular complexity index is 674. The van der Waals surface area contributed by atoms with Crippen LogP contribution in [0.15, 0.2) is 30.6 Å². The first-order valence-corrected chi connectivity index (χ1v) is 7.60. The summed E-state index contributed by atoms with van der Waals surface area (Å²) >= 11 is 0. The summed E-state index contributed by atoms with van der Waals surface area (Å²) in [7, 11) is 0. The van der Waals surface area contributed by atoms with E-state index in [1.165, 1.54) is 6.33 Å². The molecule has 1 amide bonds. The van der Waals surface area contributed by atoms with E-state index in [0.29, 0.717) is 17.4 Å². The number of carbonyl (C=O) groups is 1. The molecule has 1 saturated heterocycles. The van der Waals surface area contributed by atoms with Gasteiger partial charge in [0.15, 0.2) is 0 Å². The summed E-state index contributed by atoms with van der Waals surface area (Å²) in [6.45, 7) is 1.63. The molecule has 2 N–H and O–H groups in total. The molecule has 2 aliphatic rings. The van der Waals surface area contributed by atoms with Crippen LogP contribution in [0.4, 0.5) is 0 Å². The van der Waals surface area contributed by atoms with Crippen molar-refractivity contribution < 1.29 is 4.79 Å². The fourth-order valence-corrected chi connectivity index (χ4v) is 3.69. The van der Waals surface area contributed by atoms with Crippen LogP contribution < -0.4 is 5.73 Å². The van der Waals surface area contributed by atoms with Crippen LogP contribution >= 0.6 is 12.4 Å². The highest BCUT2D eigenvalue weighted by molar-refractivity contribution is 5.94. The maximum Gasteiger partial charge on any atom is 0.253 e. The fourth-order valence-electron chi connectivity index (χ4n) is 3.69. The molecule has 1 aliphatic heterocycles. The van der Waals surface area contributed by atoms with Crippen LogP contribution in [-0.4, -0.2) is 50.1 Å². The van der Waals surface area contributed by atoms with E-state index in [1.807, 2.05) is 29.2 Å². The van der Waals surface area contributed by atoms with Crippen LogP contribution in [0.2, 0.25) is 0 Å². The molecule has 3 atom stereocenters. The van der Waals surface area contributed by atoms with Crippen molar-refractivity contribution in [2.24, 2.45) is 17.6 Å². The zero-order chi connectivity index (χ0) is 15.1. The minimum Gasteiger partial charge on any atom is -0.338 e. The number of tetrazole rings is 1. The van der Waals surface area contributed by atoms with Crippen molar-refractivity contribution in [3.8, 4) is 5.69 Å². The summed E-state index contributed by atoms with van der Waals surface area (Å²) in [5, 5.41) is 11.0. The van der Waals surface area contributed by atoms with Crippen molar-refractivity contribution in [2.45, 2.75) is 18.9 Å². The molecule has 7 nitrogen and oxygen atoms in total. The molecule has 1 saturated carbocycles. The molecule has 23 heavy (non-hydrogen) atoms. The molecule has 2 fully saturated rings. The van der Waals surface area contributed by atoms with E-state index >= 15 is 0 Å². The number of carbonyl (C=O) groups excluding carboxylic acids is 1. The average Bonchev–Trinajstić information content (AvgIpc) is 3.26. The molecule has 1 aliphatic carbocycles. The van der Waals surface area contributed by atoms with Gasteiger partial charge in [-0.3, -0.25) is 4.79 Å². The summed E-state index contributed by atoms with van der Waals surface area (Å²) in [6.07, 6.45) is 3.77. The highest BCUT2D eigenvalue weighted by atomic mass is 35.5. The minimum absolute atomic E-state index is 0. The lowest BCUT2D eigenvalue weighted by Gasteiger charge is -2.19. The number of fused-ring (bicyclic) bond motifs is 1. The third-order valence-corrected chi connectivity index (χ3v) is 4.93. The Balaban J connectivity index is 0.00000156. The Hall–Kier alpha value is -1.99. The topological polar surface area (TPSA) is 89.9 Å². The third-order valence-electron chi connectivity index (χ3n) is 4.93. The fraction of sp³-hybridized carbons (Fsp3) is 0.467. The first-order chi connectivity index (χ1) is 10.7. The van der Waals surface area contributed by atoms with Crippen molar-refractivity contribution in [1.29, 1.82) is 0 Å². The second kappa shape index (κ2) is 6.25. The number of hydrogen-bond donors (Lipinski definition) is 1. The normalized spacial score (nSPS) is 26.0. The SMILES string of the molecule is Cl.NC1CCC2CN(C(=O)c3ccc(-n4cnnn4)cc3)CC12. The van der Waals surface area contributed by atoms with Crippen LogP contribution in [0.3, 0.4) is 0 Å². The second-order valence-electron chi connectivity index (χ2n) is 6.18. The van der Waals surface area contributed by atoms with Gasteiger partial charge in [-0.05, 0) is 59.4 Å². The minimum atomic E-state index is 0. The van der Waals surface area contributed by atoms with Gasteiger partial charge in [0.1, 0.15) is 6.33 Å². The molecule has 4 rings (SSSR count). The van der Waals surface area contributed by atoms with Crippen LogP contribution in [-0.2, 0) is 0 Å². The number of benzene rings is 1. The number of nitrogens with zero attached hydrogens (tertiary/aromatic N) is 5. The highest BCUT2D eigenvalue weighted by Gasteiger charge is 2.42. The summed E-state index contributed by atoms with van der Waals surface area (Å²) in [6, 6.07) is 7.61. The van der Waals surface area contributed by atoms with Gasteiger partial charge < -0.3 is 10.6 Å². The first kappa shape index (κ1) is 15.9. The molecule has 2 heterocycles. The summed E-state index contributed by atoms with van der Waals surface area (Å²) < 4.78 is 1.56. The van der Waals surface area contributed by atoms with E-state index in [4.69, 9.17) is 5.73 Å². The van der Waals surface area contributed by atoms with E-state index < -0.39 is 0 Å². The van der Waals surface area contributed by atoms with Gasteiger partial charge in [-0.2, -0.15) is 0 Å². The molecule has 0 bridgehead atoms. The van der Waals surface area contributed by atoms with Crippen LogP contribution in [0, 0.1) is 11.8 Å². The van der Waals surface area contributed by atoms with Crippen LogP contribution in [0.1, 0.15) is 23.2 Å². The van der Waals surface area contributed by atoms with Crippen molar-refractivity contribution in [3.05, 3.63) is 36.2 Å². The van der Waals surface area contributed by atoms with E-state index in [-0.39, 0.29) is 24.4 Å². The monoisotopic (exact) mass is 334 g/mol. The van der Waals surface area contributed by atoms with Gasteiger partial charge in [0.05, 0.1) is 5.69 Å². The number of nitrogens with two attached hydrogens (primary N) is 1. The largest absolute Gasteiger partial charge is 0.338 e. The van der Waals surface area contributed by atoms with Crippen LogP contribution in [0.5, 0.6) is 0 Å². The highest BCUT2D eigenvalue weighted by Crippen LogP contribution is 2.37. The van der Waals surface area contributed by atoms with E-state index in [1.54, 1.807) is 4.68 Å². The number of hydrogen-bond acceptors (Lipinski definition) is 5. The quantitative estimate of drug-likeness (QED) is 0.881. The van der Waals surface area contributed by atoms with Crippen molar-refractivity contribution in [1.82, 2.24) is 25.1 Å². The number of likely N-dealkylation sites (tertiary alicyclic amines) is 1. The summed E-state index contributed by atoms with van der Waals surface area (Å²) in [4.78, 5) is 14.6. The van der Waals surface area contributed by atoms with E-state index in [2.05, 4.69) is 15.5 Å². The molecule has 122 valence electrons. The lowest BCUT2D eigenvalue weighted by Crippen LogP contribution is -2.33. The van der Waals surface area contributed by atoms with Crippen molar-refractivity contribution in [3.63, 3.8) is 0 Å². The molecular formula is C15H19ClN6O. The zero-order valence-corrected chi connectivity index (χ0v) is 13.4. The Morgan fingerprint density at radius 3 is 2.61 bits per heavy atom. The summed E-state index contributed by atoms with van der Waals surface area (Å²) in [5.74, 6) is 1.15. The van der Waals surface area contributed by atoms with Gasteiger partial charge in [0.25, 0.3) is 5.91 Å². The Labute approximate surface area is 140 Å². The molecule has 2 aromatic rings. The maximum atomic E-state index is 12.6. The average molecular weight is 335 g/mol. The molecule has 1 aromatic heterocycles. The van der Waals surface area contributed by atoms with E-state index in [0.717, 1.165) is 31.6 Å². The Morgan fingerprint density at radius 2 is 1.96 bits per heavy atom. The molecule has 8 heteroatoms. The predicted octanol–water partition coefficient (Wildman–Crippen LogP) is 0.893. The first-order valence-electron chi connectivity index (χ1n) is 7.60. The molecule has 0 spiro atoms. The zero-order valence-electron chi connectivity index (χ0n) is 12.6. The van der Waals surface area contributed by atoms with Gasteiger partial charge in [-0.1, -0.05) is 0 Å². The smallest absolute Gasteiger partial charge is 0.253 e. The standard InChI is InChI=1S/C15H18N6O.ClH/c16-14-6-3-11-7-20(8-13(11)14)15(22)10-1-4-12(5-2-10)21-9-17-18-19-21;/h1-2,4-5,9,11,13-14H,3,6-8,16H2;1H. The molecule has 0 radical (unpaired) electrons. The van der Waals surface area contributed by atoms with Gasteiger partial charge in [-0.15, -0.1) is 17.5 Å². The maximum absolute atomic E-state index is 12.6. The van der Waals surface area contributed by atoms with Gasteiger partial charge in [0, 0.05) is 24.7 Å². The predicted molar refractivity (Wildman–Crippen MR) is 86.5 cm³/mol. The second-order valence-corrected chi connectivity index (χ2v) is 6.18. The third kappa shape index (κ3) is 2.82. The number of aromatic nitrogens is 4.